The summed E-state index contributed by atoms with van der Waals surface area (Å²) in [7, 11) is 1.49. The Labute approximate surface area is 116 Å². The van der Waals surface area contributed by atoms with Crippen LogP contribution in [0.3, 0.4) is 0 Å². The number of aliphatic hydroxyl groups excluding tert-OH is 1. The van der Waals surface area contributed by atoms with Crippen LogP contribution >= 0.6 is 23.2 Å². The van der Waals surface area contributed by atoms with Gasteiger partial charge >= 0.3 is 6.09 Å². The van der Waals surface area contributed by atoms with Gasteiger partial charge in [-0.25, -0.2) is 4.79 Å². The predicted molar refractivity (Wildman–Crippen MR) is 71.6 cm³/mol. The molecule has 0 aliphatic heterocycles. The Hall–Kier alpha value is -0.970. The topological polar surface area (TPSA) is 60.8 Å². The molecule has 0 bridgehead atoms. The Balaban J connectivity index is 2.89. The summed E-state index contributed by atoms with van der Waals surface area (Å²) >= 11 is 11.8. The molecule has 1 amide bonds. The minimum atomic E-state index is -1.00. The number of carbonyl (C=O) groups is 1. The number of amides is 1. The third-order valence-electron chi connectivity index (χ3n) is 2.71. The standard InChI is InChI=1S/C12H15Cl2NO3/c1-15(12(17)18)7-9(4-5-16)8-2-3-10(13)11(14)6-8/h2-3,6,9,16H,4-5,7H2,1H3,(H,17,18)/t9-/m1/s1. The monoisotopic (exact) mass is 291 g/mol. The molecule has 0 aromatic heterocycles. The molecule has 0 radical (unpaired) electrons. The number of likely N-dealkylation sites (N-methyl/N-ethyl adjacent to an activating group) is 1. The van der Waals surface area contributed by atoms with Crippen molar-refractivity contribution in [2.75, 3.05) is 20.2 Å². The highest BCUT2D eigenvalue weighted by Crippen LogP contribution is 2.28. The van der Waals surface area contributed by atoms with Crippen molar-refractivity contribution in [3.63, 3.8) is 0 Å². The summed E-state index contributed by atoms with van der Waals surface area (Å²) in [5, 5.41) is 18.8. The molecule has 4 nitrogen and oxygen atoms in total. The molecule has 2 N–H and O–H groups in total. The fourth-order valence-corrected chi connectivity index (χ4v) is 2.00. The highest BCUT2D eigenvalue weighted by molar-refractivity contribution is 6.42. The minimum Gasteiger partial charge on any atom is -0.465 e. The maximum absolute atomic E-state index is 10.8. The lowest BCUT2D eigenvalue weighted by Gasteiger charge is -2.22. The third-order valence-corrected chi connectivity index (χ3v) is 3.45. The quantitative estimate of drug-likeness (QED) is 0.876. The number of aliphatic hydroxyl groups is 1. The highest BCUT2D eigenvalue weighted by Gasteiger charge is 2.17. The second-order valence-electron chi connectivity index (χ2n) is 4.05. The first-order valence-electron chi connectivity index (χ1n) is 5.45. The first-order chi connectivity index (χ1) is 8.45. The summed E-state index contributed by atoms with van der Waals surface area (Å²) in [6.45, 7) is 0.284. The molecule has 0 spiro atoms. The number of nitrogens with zero attached hydrogens (tertiary/aromatic N) is 1. The van der Waals surface area contributed by atoms with Crippen LogP contribution in [0.2, 0.25) is 10.0 Å². The van der Waals surface area contributed by atoms with Crippen molar-refractivity contribution >= 4 is 29.3 Å². The molecule has 100 valence electrons. The van der Waals surface area contributed by atoms with E-state index in [-0.39, 0.29) is 12.5 Å². The third kappa shape index (κ3) is 4.05. The molecule has 0 aliphatic rings. The van der Waals surface area contributed by atoms with E-state index in [1.807, 2.05) is 0 Å². The van der Waals surface area contributed by atoms with E-state index in [0.29, 0.717) is 23.0 Å². The van der Waals surface area contributed by atoms with Gasteiger partial charge in [0.05, 0.1) is 10.0 Å². The van der Waals surface area contributed by atoms with Crippen molar-refractivity contribution < 1.29 is 15.0 Å². The van der Waals surface area contributed by atoms with Gasteiger partial charge in [0.1, 0.15) is 0 Å². The molecule has 0 saturated heterocycles. The Morgan fingerprint density at radius 1 is 1.39 bits per heavy atom. The highest BCUT2D eigenvalue weighted by atomic mass is 35.5. The van der Waals surface area contributed by atoms with Crippen molar-refractivity contribution in [1.29, 1.82) is 0 Å². The van der Waals surface area contributed by atoms with Crippen molar-refractivity contribution in [3.8, 4) is 0 Å². The van der Waals surface area contributed by atoms with Gasteiger partial charge in [0.2, 0.25) is 0 Å². The average molecular weight is 292 g/mol. The molecule has 0 unspecified atom stereocenters. The molecule has 0 aliphatic carbocycles. The van der Waals surface area contributed by atoms with Crippen LogP contribution < -0.4 is 0 Å². The van der Waals surface area contributed by atoms with E-state index in [1.165, 1.54) is 11.9 Å². The van der Waals surface area contributed by atoms with Gasteiger partial charge in [-0.05, 0) is 24.1 Å². The molecule has 6 heteroatoms. The molecular weight excluding hydrogens is 277 g/mol. The van der Waals surface area contributed by atoms with E-state index in [4.69, 9.17) is 33.4 Å². The van der Waals surface area contributed by atoms with Crippen LogP contribution in [0.25, 0.3) is 0 Å². The zero-order valence-corrected chi connectivity index (χ0v) is 11.4. The minimum absolute atomic E-state index is 0.0155. The molecular formula is C12H15Cl2NO3. The van der Waals surface area contributed by atoms with Crippen molar-refractivity contribution in [1.82, 2.24) is 4.90 Å². The number of benzene rings is 1. The maximum atomic E-state index is 10.8. The van der Waals surface area contributed by atoms with Gasteiger partial charge < -0.3 is 15.1 Å². The van der Waals surface area contributed by atoms with Crippen LogP contribution in [0.1, 0.15) is 17.9 Å². The molecule has 1 aromatic carbocycles. The second kappa shape index (κ2) is 6.83. The number of halogens is 2. The maximum Gasteiger partial charge on any atom is 0.407 e. The molecule has 1 atom stereocenters. The van der Waals surface area contributed by atoms with Crippen molar-refractivity contribution in [2.24, 2.45) is 0 Å². The van der Waals surface area contributed by atoms with Crippen LogP contribution in [0.5, 0.6) is 0 Å². The van der Waals surface area contributed by atoms with Gasteiger partial charge in [0, 0.05) is 26.1 Å². The Morgan fingerprint density at radius 3 is 2.56 bits per heavy atom. The molecule has 0 heterocycles. The lowest BCUT2D eigenvalue weighted by atomic mass is 9.95. The van der Waals surface area contributed by atoms with Crippen LogP contribution in [-0.2, 0) is 0 Å². The summed E-state index contributed by atoms with van der Waals surface area (Å²) < 4.78 is 0. The molecule has 18 heavy (non-hydrogen) atoms. The van der Waals surface area contributed by atoms with Gasteiger partial charge in [-0.3, -0.25) is 0 Å². The van der Waals surface area contributed by atoms with E-state index in [1.54, 1.807) is 18.2 Å². The zero-order valence-electron chi connectivity index (χ0n) is 9.94. The van der Waals surface area contributed by atoms with Crippen LogP contribution in [-0.4, -0.2) is 41.4 Å². The molecule has 1 aromatic rings. The summed E-state index contributed by atoms with van der Waals surface area (Å²) in [5.74, 6) is -0.106. The van der Waals surface area contributed by atoms with E-state index in [0.717, 1.165) is 5.56 Å². The van der Waals surface area contributed by atoms with Crippen molar-refractivity contribution in [3.05, 3.63) is 33.8 Å². The van der Waals surface area contributed by atoms with Crippen molar-refractivity contribution in [2.45, 2.75) is 12.3 Å². The zero-order chi connectivity index (χ0) is 13.7. The number of hydrogen-bond donors (Lipinski definition) is 2. The van der Waals surface area contributed by atoms with E-state index >= 15 is 0 Å². The molecule has 1 rings (SSSR count). The van der Waals surface area contributed by atoms with Crippen LogP contribution in [0.15, 0.2) is 18.2 Å². The smallest absolute Gasteiger partial charge is 0.407 e. The number of rotatable bonds is 5. The van der Waals surface area contributed by atoms with Gasteiger partial charge in [0.25, 0.3) is 0 Å². The first-order valence-corrected chi connectivity index (χ1v) is 6.21. The van der Waals surface area contributed by atoms with Gasteiger partial charge in [-0.15, -0.1) is 0 Å². The SMILES string of the molecule is CN(C[C@@H](CCO)c1ccc(Cl)c(Cl)c1)C(=O)O. The largest absolute Gasteiger partial charge is 0.465 e. The summed E-state index contributed by atoms with van der Waals surface area (Å²) in [5.41, 5.74) is 0.867. The van der Waals surface area contributed by atoms with Gasteiger partial charge in [-0.2, -0.15) is 0 Å². The number of hydrogen-bond acceptors (Lipinski definition) is 2. The lowest BCUT2D eigenvalue weighted by Crippen LogP contribution is -2.30. The average Bonchev–Trinajstić information content (AvgIpc) is 2.32. The summed E-state index contributed by atoms with van der Waals surface area (Å²) in [4.78, 5) is 12.0. The first kappa shape index (κ1) is 15.1. The van der Waals surface area contributed by atoms with Crippen LogP contribution in [0, 0.1) is 0 Å². The van der Waals surface area contributed by atoms with E-state index in [9.17, 15) is 4.79 Å². The normalized spacial score (nSPS) is 12.2. The Morgan fingerprint density at radius 2 is 2.06 bits per heavy atom. The van der Waals surface area contributed by atoms with Crippen LogP contribution in [0.4, 0.5) is 4.79 Å². The van der Waals surface area contributed by atoms with E-state index < -0.39 is 6.09 Å². The Kier molecular flexibility index (Phi) is 5.72. The Bertz CT molecular complexity index is 426. The fourth-order valence-electron chi connectivity index (χ4n) is 1.69. The number of carboxylic acid groups (broad SMARTS) is 1. The summed E-state index contributed by atoms with van der Waals surface area (Å²) in [6, 6.07) is 5.18. The molecule has 0 fully saturated rings. The van der Waals surface area contributed by atoms with Gasteiger partial charge in [-0.1, -0.05) is 29.3 Å². The molecule has 0 saturated carbocycles. The van der Waals surface area contributed by atoms with E-state index in [2.05, 4.69) is 0 Å². The fraction of sp³-hybridized carbons (Fsp3) is 0.417. The predicted octanol–water partition coefficient (Wildman–Crippen LogP) is 3.07. The lowest BCUT2D eigenvalue weighted by molar-refractivity contribution is 0.150. The van der Waals surface area contributed by atoms with Gasteiger partial charge in [0.15, 0.2) is 0 Å². The summed E-state index contributed by atoms with van der Waals surface area (Å²) in [6.07, 6.45) is -0.534. The second-order valence-corrected chi connectivity index (χ2v) is 4.86.